The molecule has 2 aromatic rings. The Morgan fingerprint density at radius 1 is 1.56 bits per heavy atom. The van der Waals surface area contributed by atoms with Crippen molar-refractivity contribution in [2.24, 2.45) is 0 Å². The molecule has 6 heteroatoms. The number of furan rings is 1. The van der Waals surface area contributed by atoms with Crippen molar-refractivity contribution in [2.45, 2.75) is 26.0 Å². The number of nitrogens with zero attached hydrogens (tertiary/aromatic N) is 2. The Kier molecular flexibility index (Phi) is 2.43. The first-order valence-electron chi connectivity index (χ1n) is 4.80. The van der Waals surface area contributed by atoms with Gasteiger partial charge in [0.1, 0.15) is 0 Å². The summed E-state index contributed by atoms with van der Waals surface area (Å²) in [6, 6.07) is 3.31. The van der Waals surface area contributed by atoms with Crippen LogP contribution in [0.1, 0.15) is 13.8 Å². The second-order valence-corrected chi connectivity index (χ2v) is 4.12. The lowest BCUT2D eigenvalue weighted by Gasteiger charge is -2.14. The monoisotopic (exact) mass is 224 g/mol. The van der Waals surface area contributed by atoms with Crippen molar-refractivity contribution in [2.75, 3.05) is 0 Å². The predicted molar refractivity (Wildman–Crippen MR) is 54.8 cm³/mol. The number of hydrogen-bond donors (Lipinski definition) is 1. The molecule has 0 spiro atoms. The molecule has 86 valence electrons. The van der Waals surface area contributed by atoms with Gasteiger partial charge in [0.2, 0.25) is 0 Å². The molecular weight excluding hydrogens is 212 g/mol. The lowest BCUT2D eigenvalue weighted by Crippen LogP contribution is -2.31. The SMILES string of the molecule is CC(C)(O)Cn1nc(-c2ccco2)oc1=O. The zero-order valence-electron chi connectivity index (χ0n) is 9.01. The van der Waals surface area contributed by atoms with Gasteiger partial charge in [-0.15, -0.1) is 5.10 Å². The molecule has 2 heterocycles. The standard InChI is InChI=1S/C10H12N2O4/c1-10(2,14)6-12-9(13)16-8(11-12)7-4-3-5-15-7/h3-5,14H,6H2,1-2H3. The highest BCUT2D eigenvalue weighted by atomic mass is 16.4. The topological polar surface area (TPSA) is 81.4 Å². The Labute approximate surface area is 91.1 Å². The Bertz CT molecular complexity index is 516. The van der Waals surface area contributed by atoms with Crippen molar-refractivity contribution in [1.82, 2.24) is 9.78 Å². The van der Waals surface area contributed by atoms with Gasteiger partial charge in [0.05, 0.1) is 18.4 Å². The van der Waals surface area contributed by atoms with Gasteiger partial charge in [-0.25, -0.2) is 4.79 Å². The minimum Gasteiger partial charge on any atom is -0.459 e. The van der Waals surface area contributed by atoms with Crippen molar-refractivity contribution in [3.05, 3.63) is 28.9 Å². The van der Waals surface area contributed by atoms with Crippen LogP contribution in [0, 0.1) is 0 Å². The number of aromatic nitrogens is 2. The number of aliphatic hydroxyl groups is 1. The highest BCUT2D eigenvalue weighted by molar-refractivity contribution is 5.42. The van der Waals surface area contributed by atoms with E-state index in [-0.39, 0.29) is 12.4 Å². The fourth-order valence-electron chi connectivity index (χ4n) is 1.27. The van der Waals surface area contributed by atoms with Crippen LogP contribution in [0.2, 0.25) is 0 Å². The molecule has 2 aromatic heterocycles. The lowest BCUT2D eigenvalue weighted by molar-refractivity contribution is 0.0556. The maximum Gasteiger partial charge on any atom is 0.437 e. The lowest BCUT2D eigenvalue weighted by atomic mass is 10.1. The zero-order chi connectivity index (χ0) is 11.8. The third-order valence-corrected chi connectivity index (χ3v) is 1.87. The Morgan fingerprint density at radius 3 is 2.88 bits per heavy atom. The van der Waals surface area contributed by atoms with Gasteiger partial charge < -0.3 is 13.9 Å². The molecule has 2 rings (SSSR count). The Morgan fingerprint density at radius 2 is 2.31 bits per heavy atom. The summed E-state index contributed by atoms with van der Waals surface area (Å²) in [5, 5.41) is 13.5. The van der Waals surface area contributed by atoms with Crippen LogP contribution in [0.4, 0.5) is 0 Å². The van der Waals surface area contributed by atoms with E-state index < -0.39 is 11.4 Å². The van der Waals surface area contributed by atoms with Crippen LogP contribution >= 0.6 is 0 Å². The van der Waals surface area contributed by atoms with Gasteiger partial charge in [-0.05, 0) is 26.0 Å². The van der Waals surface area contributed by atoms with Crippen LogP contribution < -0.4 is 5.76 Å². The first-order chi connectivity index (χ1) is 7.46. The molecule has 0 saturated carbocycles. The van der Waals surface area contributed by atoms with Crippen molar-refractivity contribution >= 4 is 0 Å². The largest absolute Gasteiger partial charge is 0.459 e. The van der Waals surface area contributed by atoms with E-state index in [4.69, 9.17) is 8.83 Å². The molecule has 0 aliphatic heterocycles. The van der Waals surface area contributed by atoms with Crippen LogP contribution in [0.25, 0.3) is 11.7 Å². The summed E-state index contributed by atoms with van der Waals surface area (Å²) in [7, 11) is 0. The molecule has 0 bridgehead atoms. The van der Waals surface area contributed by atoms with Crippen LogP contribution in [-0.4, -0.2) is 20.5 Å². The average Bonchev–Trinajstić information content (AvgIpc) is 2.73. The Balaban J connectivity index is 2.33. The van der Waals surface area contributed by atoms with Gasteiger partial charge in [-0.1, -0.05) is 0 Å². The second-order valence-electron chi connectivity index (χ2n) is 4.12. The van der Waals surface area contributed by atoms with E-state index in [2.05, 4.69) is 5.10 Å². The molecule has 0 aliphatic rings. The molecule has 0 fully saturated rings. The molecule has 0 aliphatic carbocycles. The summed E-state index contributed by atoms with van der Waals surface area (Å²) in [5.41, 5.74) is -1.03. The van der Waals surface area contributed by atoms with Gasteiger partial charge >= 0.3 is 5.76 Å². The number of rotatable bonds is 3. The van der Waals surface area contributed by atoms with Crippen LogP contribution in [-0.2, 0) is 6.54 Å². The first-order valence-corrected chi connectivity index (χ1v) is 4.80. The summed E-state index contributed by atoms with van der Waals surface area (Å²) in [4.78, 5) is 11.4. The summed E-state index contributed by atoms with van der Waals surface area (Å²) in [5.74, 6) is -0.126. The molecule has 0 unspecified atom stereocenters. The first kappa shape index (κ1) is 10.7. The summed E-state index contributed by atoms with van der Waals surface area (Å²) in [6.07, 6.45) is 1.46. The molecule has 0 atom stereocenters. The minimum atomic E-state index is -1.03. The van der Waals surface area contributed by atoms with Crippen molar-refractivity contribution in [3.8, 4) is 11.7 Å². The maximum atomic E-state index is 11.4. The molecule has 6 nitrogen and oxygen atoms in total. The summed E-state index contributed by atoms with van der Waals surface area (Å²) < 4.78 is 11.0. The van der Waals surface area contributed by atoms with Gasteiger partial charge in [-0.2, -0.15) is 4.68 Å². The van der Waals surface area contributed by atoms with E-state index in [0.29, 0.717) is 5.76 Å². The molecule has 1 N–H and O–H groups in total. The van der Waals surface area contributed by atoms with E-state index in [1.54, 1.807) is 26.0 Å². The summed E-state index contributed by atoms with van der Waals surface area (Å²) >= 11 is 0. The van der Waals surface area contributed by atoms with Crippen molar-refractivity contribution in [3.63, 3.8) is 0 Å². The van der Waals surface area contributed by atoms with Crippen molar-refractivity contribution < 1.29 is 13.9 Å². The maximum absolute atomic E-state index is 11.4. The van der Waals surface area contributed by atoms with Gasteiger partial charge in [0.15, 0.2) is 5.76 Å². The molecular formula is C10H12N2O4. The number of hydrogen-bond acceptors (Lipinski definition) is 5. The van der Waals surface area contributed by atoms with Crippen LogP contribution in [0.5, 0.6) is 0 Å². The fraction of sp³-hybridized carbons (Fsp3) is 0.400. The Hall–Kier alpha value is -1.82. The predicted octanol–water partition coefficient (Wildman–Crippen LogP) is 0.867. The molecule has 0 saturated heterocycles. The van der Waals surface area contributed by atoms with Crippen molar-refractivity contribution in [1.29, 1.82) is 0 Å². The van der Waals surface area contributed by atoms with Gasteiger partial charge in [-0.3, -0.25) is 0 Å². The minimum absolute atomic E-state index is 0.0655. The van der Waals surface area contributed by atoms with E-state index in [1.165, 1.54) is 6.26 Å². The zero-order valence-corrected chi connectivity index (χ0v) is 9.01. The normalized spacial score (nSPS) is 11.9. The summed E-state index contributed by atoms with van der Waals surface area (Å²) in [6.45, 7) is 3.23. The van der Waals surface area contributed by atoms with E-state index in [9.17, 15) is 9.90 Å². The van der Waals surface area contributed by atoms with E-state index in [0.717, 1.165) is 4.68 Å². The van der Waals surface area contributed by atoms with E-state index >= 15 is 0 Å². The van der Waals surface area contributed by atoms with Gasteiger partial charge in [0, 0.05) is 0 Å². The molecule has 16 heavy (non-hydrogen) atoms. The third kappa shape index (κ3) is 2.22. The van der Waals surface area contributed by atoms with Gasteiger partial charge in [0.25, 0.3) is 5.89 Å². The third-order valence-electron chi connectivity index (χ3n) is 1.87. The quantitative estimate of drug-likeness (QED) is 0.836. The molecule has 0 radical (unpaired) electrons. The highest BCUT2D eigenvalue weighted by Crippen LogP contribution is 2.15. The highest BCUT2D eigenvalue weighted by Gasteiger charge is 2.19. The van der Waals surface area contributed by atoms with E-state index in [1.807, 2.05) is 0 Å². The average molecular weight is 224 g/mol. The van der Waals surface area contributed by atoms with Crippen LogP contribution in [0.3, 0.4) is 0 Å². The fourth-order valence-corrected chi connectivity index (χ4v) is 1.27. The molecule has 0 amide bonds. The smallest absolute Gasteiger partial charge is 0.437 e. The second kappa shape index (κ2) is 3.64. The molecule has 0 aromatic carbocycles. The van der Waals surface area contributed by atoms with Crippen LogP contribution in [0.15, 0.2) is 32.0 Å².